The van der Waals surface area contributed by atoms with Crippen LogP contribution in [0.3, 0.4) is 0 Å². The fourth-order valence-corrected chi connectivity index (χ4v) is 3.36. The molecule has 0 bridgehead atoms. The first-order valence-electron chi connectivity index (χ1n) is 9.54. The van der Waals surface area contributed by atoms with E-state index in [9.17, 15) is 9.59 Å². The fourth-order valence-electron chi connectivity index (χ4n) is 2.75. The van der Waals surface area contributed by atoms with Crippen LogP contribution in [0.2, 0.25) is 0 Å². The molecule has 0 unspecified atom stereocenters. The normalized spacial score (nSPS) is 10.5. The highest BCUT2D eigenvalue weighted by molar-refractivity contribution is 14.1. The van der Waals surface area contributed by atoms with Crippen LogP contribution < -0.4 is 19.7 Å². The number of hydrogen-bond donors (Lipinski definition) is 1. The van der Waals surface area contributed by atoms with E-state index in [2.05, 4.69) is 38.3 Å². The number of carbonyl (C=O) groups excluding carboxylic acids is 2. The molecule has 3 aromatic carbocycles. The monoisotopic (exact) mass is 561 g/mol. The predicted octanol–water partition coefficient (Wildman–Crippen LogP) is 5.43. The van der Waals surface area contributed by atoms with Crippen LogP contribution in [0.1, 0.15) is 20.7 Å². The largest absolute Gasteiger partial charge is 0.493 e. The first kappa shape index (κ1) is 24.0. The van der Waals surface area contributed by atoms with E-state index >= 15 is 0 Å². The molecule has 10 heteroatoms. The molecular formula is C23H20IN3O6. The van der Waals surface area contributed by atoms with Gasteiger partial charge in [-0.05, 0) is 71.1 Å². The van der Waals surface area contributed by atoms with Crippen LogP contribution in [-0.2, 0) is 4.84 Å². The van der Waals surface area contributed by atoms with Crippen molar-refractivity contribution in [1.82, 2.24) is 0 Å². The van der Waals surface area contributed by atoms with Gasteiger partial charge in [0.1, 0.15) is 0 Å². The number of amides is 1. The molecule has 0 saturated carbocycles. The lowest BCUT2D eigenvalue weighted by Crippen LogP contribution is -2.11. The second kappa shape index (κ2) is 11.3. The SMILES string of the molecule is COc1cc(C(=O)N=Nc2ccc(NOC(=O)c3ccccc3I)cc2)cc(OC)c1OC. The summed E-state index contributed by atoms with van der Waals surface area (Å²) in [5, 5.41) is 7.71. The third kappa shape index (κ3) is 5.98. The van der Waals surface area contributed by atoms with Gasteiger partial charge in [0.15, 0.2) is 11.5 Å². The minimum absolute atomic E-state index is 0.231. The van der Waals surface area contributed by atoms with Gasteiger partial charge in [-0.15, -0.1) is 10.2 Å². The molecule has 1 amide bonds. The van der Waals surface area contributed by atoms with Crippen LogP contribution in [0.4, 0.5) is 11.4 Å². The Bertz CT molecular complexity index is 1160. The molecule has 170 valence electrons. The van der Waals surface area contributed by atoms with E-state index in [0.29, 0.717) is 34.2 Å². The average Bonchev–Trinajstić information content (AvgIpc) is 2.85. The summed E-state index contributed by atoms with van der Waals surface area (Å²) >= 11 is 2.06. The zero-order valence-electron chi connectivity index (χ0n) is 18.0. The summed E-state index contributed by atoms with van der Waals surface area (Å²) in [6.07, 6.45) is 0. The van der Waals surface area contributed by atoms with Crippen LogP contribution in [-0.4, -0.2) is 33.2 Å². The molecule has 0 radical (unpaired) electrons. The van der Waals surface area contributed by atoms with Gasteiger partial charge >= 0.3 is 5.97 Å². The molecule has 0 saturated heterocycles. The third-order valence-electron chi connectivity index (χ3n) is 4.39. The molecule has 0 aromatic heterocycles. The Labute approximate surface area is 203 Å². The van der Waals surface area contributed by atoms with Crippen molar-refractivity contribution in [3.05, 3.63) is 75.4 Å². The van der Waals surface area contributed by atoms with Crippen molar-refractivity contribution < 1.29 is 28.6 Å². The van der Waals surface area contributed by atoms with E-state index < -0.39 is 11.9 Å². The molecule has 0 heterocycles. The van der Waals surface area contributed by atoms with Gasteiger partial charge < -0.3 is 19.0 Å². The standard InChI is InChI=1S/C23H20IN3O6/c1-30-19-12-14(13-20(31-2)21(19)32-3)22(28)26-25-15-8-10-16(11-9-15)27-33-23(29)17-6-4-5-7-18(17)24/h4-13,27H,1-3H3. The van der Waals surface area contributed by atoms with Gasteiger partial charge in [0, 0.05) is 3.57 Å². The Balaban J connectivity index is 1.65. The van der Waals surface area contributed by atoms with Crippen molar-refractivity contribution in [2.24, 2.45) is 10.2 Å². The van der Waals surface area contributed by atoms with Crippen molar-refractivity contribution in [3.8, 4) is 17.2 Å². The van der Waals surface area contributed by atoms with Gasteiger partial charge in [-0.25, -0.2) is 10.3 Å². The average molecular weight is 561 g/mol. The van der Waals surface area contributed by atoms with Gasteiger partial charge in [0.05, 0.1) is 43.8 Å². The quantitative estimate of drug-likeness (QED) is 0.222. The Morgan fingerprint density at radius 3 is 2.09 bits per heavy atom. The van der Waals surface area contributed by atoms with Crippen molar-refractivity contribution >= 4 is 45.8 Å². The van der Waals surface area contributed by atoms with Crippen LogP contribution in [0.25, 0.3) is 0 Å². The zero-order valence-corrected chi connectivity index (χ0v) is 20.2. The number of ether oxygens (including phenoxy) is 3. The molecule has 0 atom stereocenters. The number of nitrogens with zero attached hydrogens (tertiary/aromatic N) is 2. The summed E-state index contributed by atoms with van der Waals surface area (Å²) in [6.45, 7) is 0. The first-order chi connectivity index (χ1) is 16.0. The minimum atomic E-state index is -0.581. The maximum atomic E-state index is 12.5. The maximum absolute atomic E-state index is 12.5. The van der Waals surface area contributed by atoms with E-state index in [-0.39, 0.29) is 5.56 Å². The van der Waals surface area contributed by atoms with Crippen LogP contribution in [0.15, 0.2) is 70.9 Å². The molecule has 0 fully saturated rings. The Kier molecular flexibility index (Phi) is 8.19. The summed E-state index contributed by atoms with van der Waals surface area (Å²) in [6, 6.07) is 16.6. The minimum Gasteiger partial charge on any atom is -0.493 e. The highest BCUT2D eigenvalue weighted by Gasteiger charge is 2.17. The number of carbonyl (C=O) groups is 2. The summed E-state index contributed by atoms with van der Waals surface area (Å²) in [5.41, 5.74) is 4.25. The van der Waals surface area contributed by atoms with Gasteiger partial charge in [-0.2, -0.15) is 0 Å². The van der Waals surface area contributed by atoms with Crippen molar-refractivity contribution in [2.75, 3.05) is 26.8 Å². The number of anilines is 1. The van der Waals surface area contributed by atoms with E-state index in [4.69, 9.17) is 19.0 Å². The lowest BCUT2D eigenvalue weighted by Gasteiger charge is -2.12. The maximum Gasteiger partial charge on any atom is 0.363 e. The number of rotatable bonds is 8. The molecule has 0 aliphatic heterocycles. The molecular weight excluding hydrogens is 541 g/mol. The lowest BCUT2D eigenvalue weighted by molar-refractivity contribution is 0.0595. The highest BCUT2D eigenvalue weighted by atomic mass is 127. The molecule has 3 rings (SSSR count). The summed E-state index contributed by atoms with van der Waals surface area (Å²) in [7, 11) is 4.39. The van der Waals surface area contributed by atoms with Crippen molar-refractivity contribution in [3.63, 3.8) is 0 Å². The molecule has 1 N–H and O–H groups in total. The summed E-state index contributed by atoms with van der Waals surface area (Å²) in [5.74, 6) is -0.0297. The molecule has 0 spiro atoms. The fraction of sp³-hybridized carbons (Fsp3) is 0.130. The van der Waals surface area contributed by atoms with Crippen LogP contribution >= 0.6 is 22.6 Å². The Hall–Kier alpha value is -3.67. The van der Waals surface area contributed by atoms with E-state index in [0.717, 1.165) is 3.57 Å². The molecule has 9 nitrogen and oxygen atoms in total. The Morgan fingerprint density at radius 1 is 0.879 bits per heavy atom. The molecule has 0 aliphatic rings. The van der Waals surface area contributed by atoms with Gasteiger partial charge in [-0.1, -0.05) is 12.1 Å². The number of azo groups is 1. The number of methoxy groups -OCH3 is 3. The third-order valence-corrected chi connectivity index (χ3v) is 5.33. The lowest BCUT2D eigenvalue weighted by atomic mass is 10.1. The molecule has 0 aliphatic carbocycles. The van der Waals surface area contributed by atoms with Crippen LogP contribution in [0, 0.1) is 3.57 Å². The van der Waals surface area contributed by atoms with E-state index in [1.807, 2.05) is 12.1 Å². The zero-order chi connectivity index (χ0) is 23.8. The van der Waals surface area contributed by atoms with Crippen molar-refractivity contribution in [2.45, 2.75) is 0 Å². The first-order valence-corrected chi connectivity index (χ1v) is 10.6. The van der Waals surface area contributed by atoms with E-state index in [1.165, 1.54) is 33.5 Å². The highest BCUT2D eigenvalue weighted by Crippen LogP contribution is 2.38. The van der Waals surface area contributed by atoms with Gasteiger partial charge in [-0.3, -0.25) is 4.79 Å². The second-order valence-corrected chi connectivity index (χ2v) is 7.60. The molecule has 3 aromatic rings. The van der Waals surface area contributed by atoms with Crippen molar-refractivity contribution in [1.29, 1.82) is 0 Å². The molecule has 33 heavy (non-hydrogen) atoms. The number of benzene rings is 3. The van der Waals surface area contributed by atoms with E-state index in [1.54, 1.807) is 36.4 Å². The summed E-state index contributed by atoms with van der Waals surface area (Å²) < 4.78 is 16.5. The predicted molar refractivity (Wildman–Crippen MR) is 130 cm³/mol. The Morgan fingerprint density at radius 2 is 1.52 bits per heavy atom. The van der Waals surface area contributed by atoms with Crippen LogP contribution in [0.5, 0.6) is 17.2 Å². The van der Waals surface area contributed by atoms with Gasteiger partial charge in [0.2, 0.25) is 5.75 Å². The number of halogens is 1. The number of nitrogens with one attached hydrogen (secondary N) is 1. The second-order valence-electron chi connectivity index (χ2n) is 6.44. The van der Waals surface area contributed by atoms with Gasteiger partial charge in [0.25, 0.3) is 5.91 Å². The summed E-state index contributed by atoms with van der Waals surface area (Å²) in [4.78, 5) is 29.8. The topological polar surface area (TPSA) is 108 Å². The number of hydrogen-bond acceptors (Lipinski definition) is 8. The smallest absolute Gasteiger partial charge is 0.363 e.